The van der Waals surface area contributed by atoms with Crippen molar-refractivity contribution < 1.29 is 9.47 Å². The van der Waals surface area contributed by atoms with Gasteiger partial charge in [0.15, 0.2) is 5.75 Å². The molecule has 0 bridgehead atoms. The summed E-state index contributed by atoms with van der Waals surface area (Å²) in [6.45, 7) is 6.29. The number of nitrogens with two attached hydrogens (primary N) is 1. The number of nitrogens with zero attached hydrogens (tertiary/aromatic N) is 5. The van der Waals surface area contributed by atoms with Gasteiger partial charge in [0.2, 0.25) is 5.95 Å². The maximum atomic E-state index is 5.52. The van der Waals surface area contributed by atoms with Gasteiger partial charge in [0.1, 0.15) is 0 Å². The zero-order chi connectivity index (χ0) is 14.5. The first-order chi connectivity index (χ1) is 9.62. The van der Waals surface area contributed by atoms with Gasteiger partial charge in [-0.3, -0.25) is 10.1 Å². The summed E-state index contributed by atoms with van der Waals surface area (Å²) in [7, 11) is 0. The number of nitrogen functional groups attached to an aromatic ring is 1. The van der Waals surface area contributed by atoms with E-state index in [1.54, 1.807) is 17.1 Å². The van der Waals surface area contributed by atoms with E-state index >= 15 is 0 Å². The largest absolute Gasteiger partial charge is 0.464 e. The first-order valence-electron chi connectivity index (χ1n) is 6.20. The molecule has 2 heterocycles. The van der Waals surface area contributed by atoms with Crippen molar-refractivity contribution in [2.75, 3.05) is 12.0 Å². The molecule has 20 heavy (non-hydrogen) atoms. The molecule has 0 saturated carbocycles. The molecule has 2 aromatic heterocycles. The molecule has 0 unspecified atom stereocenters. The highest BCUT2D eigenvalue weighted by atomic mass is 16.5. The molecule has 0 atom stereocenters. The Balaban J connectivity index is 2.20. The molecule has 2 aromatic rings. The second-order valence-corrected chi connectivity index (χ2v) is 4.15. The van der Waals surface area contributed by atoms with Crippen LogP contribution in [0.1, 0.15) is 26.8 Å². The van der Waals surface area contributed by atoms with E-state index in [2.05, 4.69) is 25.5 Å². The van der Waals surface area contributed by atoms with Crippen LogP contribution >= 0.6 is 0 Å². The highest BCUT2D eigenvalue weighted by Crippen LogP contribution is 2.20. The van der Waals surface area contributed by atoms with Gasteiger partial charge in [-0.05, 0) is 20.8 Å². The Morgan fingerprint density at radius 1 is 1.30 bits per heavy atom. The summed E-state index contributed by atoms with van der Waals surface area (Å²) >= 11 is 0. The molecule has 0 aromatic carbocycles. The van der Waals surface area contributed by atoms with Crippen molar-refractivity contribution in [1.29, 1.82) is 0 Å². The number of aromatic nitrogens is 5. The number of hydrogen-bond acceptors (Lipinski definition) is 8. The summed E-state index contributed by atoms with van der Waals surface area (Å²) in [5, 5.41) is 4.16. The lowest BCUT2D eigenvalue weighted by atomic mass is 10.4. The zero-order valence-corrected chi connectivity index (χ0v) is 11.6. The molecule has 3 N–H and O–H groups in total. The summed E-state index contributed by atoms with van der Waals surface area (Å²) < 4.78 is 12.5. The van der Waals surface area contributed by atoms with E-state index in [1.807, 2.05) is 20.8 Å². The van der Waals surface area contributed by atoms with Crippen molar-refractivity contribution in [3.8, 4) is 17.8 Å². The van der Waals surface area contributed by atoms with Crippen LogP contribution in [0.25, 0.3) is 0 Å². The molecule has 0 spiro atoms. The van der Waals surface area contributed by atoms with Crippen LogP contribution in [0.3, 0.4) is 0 Å². The minimum atomic E-state index is 0.0831. The molecule has 9 heteroatoms. The van der Waals surface area contributed by atoms with Crippen LogP contribution in [0.4, 0.5) is 5.95 Å². The van der Waals surface area contributed by atoms with E-state index in [9.17, 15) is 0 Å². The minimum absolute atomic E-state index is 0.0831. The first kappa shape index (κ1) is 14.0. The fraction of sp³-hybridized carbons (Fsp3) is 0.455. The van der Waals surface area contributed by atoms with Gasteiger partial charge < -0.3 is 9.47 Å². The van der Waals surface area contributed by atoms with Crippen LogP contribution in [-0.4, -0.2) is 31.3 Å². The Morgan fingerprint density at radius 3 is 2.65 bits per heavy atom. The number of rotatable bonds is 6. The molecule has 2 rings (SSSR count). The first-order valence-corrected chi connectivity index (χ1v) is 6.20. The molecule has 0 amide bonds. The third kappa shape index (κ3) is 3.32. The van der Waals surface area contributed by atoms with E-state index in [1.165, 1.54) is 0 Å². The summed E-state index contributed by atoms with van der Waals surface area (Å²) in [5.74, 6) is 5.98. The molecule has 0 aliphatic carbocycles. The van der Waals surface area contributed by atoms with E-state index in [0.29, 0.717) is 12.4 Å². The molecular weight excluding hydrogens is 262 g/mol. The second kappa shape index (κ2) is 6.15. The van der Waals surface area contributed by atoms with E-state index in [4.69, 9.17) is 15.3 Å². The molecule has 0 saturated heterocycles. The standard InChI is InChI=1S/C11H17N7O2/c1-4-19-10-14-9(17-12)15-11(16-10)20-8-5-13-18(6-8)7(2)3/h5-7H,4,12H2,1-3H3,(H,14,15,16,17). The van der Waals surface area contributed by atoms with Crippen LogP contribution < -0.4 is 20.7 Å². The van der Waals surface area contributed by atoms with Gasteiger partial charge >= 0.3 is 12.0 Å². The Hall–Kier alpha value is -2.42. The maximum Gasteiger partial charge on any atom is 0.330 e. The normalized spacial score (nSPS) is 10.7. The number of nitrogens with one attached hydrogen (secondary N) is 1. The maximum absolute atomic E-state index is 5.52. The molecule has 0 radical (unpaired) electrons. The predicted octanol–water partition coefficient (Wildman–Crippen LogP) is 1.13. The van der Waals surface area contributed by atoms with Crippen molar-refractivity contribution in [3.05, 3.63) is 12.4 Å². The third-order valence-electron chi connectivity index (χ3n) is 2.31. The summed E-state index contributed by atoms with van der Waals surface area (Å²) in [5.41, 5.74) is 2.33. The quantitative estimate of drug-likeness (QED) is 0.597. The SMILES string of the molecule is CCOc1nc(NN)nc(Oc2cnn(C(C)C)c2)n1. The molecule has 0 aliphatic heterocycles. The number of anilines is 1. The van der Waals surface area contributed by atoms with E-state index < -0.39 is 0 Å². The summed E-state index contributed by atoms with van der Waals surface area (Å²) in [6, 6.07) is 0.465. The molecule has 9 nitrogen and oxygen atoms in total. The molecule has 108 valence electrons. The van der Waals surface area contributed by atoms with Crippen LogP contribution in [0.15, 0.2) is 12.4 Å². The summed E-state index contributed by atoms with van der Waals surface area (Å²) in [4.78, 5) is 11.9. The van der Waals surface area contributed by atoms with Gasteiger partial charge in [-0.2, -0.15) is 15.1 Å². The Kier molecular flexibility index (Phi) is 4.31. The van der Waals surface area contributed by atoms with E-state index in [-0.39, 0.29) is 24.0 Å². The average Bonchev–Trinajstić information content (AvgIpc) is 2.87. The Morgan fingerprint density at radius 2 is 2.05 bits per heavy atom. The highest BCUT2D eigenvalue weighted by Gasteiger charge is 2.10. The van der Waals surface area contributed by atoms with Crippen molar-refractivity contribution in [3.63, 3.8) is 0 Å². The van der Waals surface area contributed by atoms with Crippen molar-refractivity contribution in [1.82, 2.24) is 24.7 Å². The fourth-order valence-electron chi connectivity index (χ4n) is 1.40. The van der Waals surface area contributed by atoms with E-state index in [0.717, 1.165) is 0 Å². The molecular formula is C11H17N7O2. The van der Waals surface area contributed by atoms with Crippen LogP contribution in [0, 0.1) is 0 Å². The topological polar surface area (TPSA) is 113 Å². The van der Waals surface area contributed by atoms with Crippen molar-refractivity contribution >= 4 is 5.95 Å². The van der Waals surface area contributed by atoms with Gasteiger partial charge in [0.05, 0.1) is 19.0 Å². The Bertz CT molecular complexity index is 570. The lowest BCUT2D eigenvalue weighted by Crippen LogP contribution is -2.12. The highest BCUT2D eigenvalue weighted by molar-refractivity contribution is 5.27. The van der Waals surface area contributed by atoms with Gasteiger partial charge in [-0.25, -0.2) is 5.84 Å². The van der Waals surface area contributed by atoms with Crippen molar-refractivity contribution in [2.24, 2.45) is 5.84 Å². The van der Waals surface area contributed by atoms with Crippen LogP contribution in [0.2, 0.25) is 0 Å². The minimum Gasteiger partial charge on any atom is -0.464 e. The fourth-order valence-corrected chi connectivity index (χ4v) is 1.40. The Labute approximate surface area is 116 Å². The molecule has 0 aliphatic rings. The smallest absolute Gasteiger partial charge is 0.330 e. The number of hydrogen-bond donors (Lipinski definition) is 2. The number of ether oxygens (including phenoxy) is 2. The van der Waals surface area contributed by atoms with Gasteiger partial charge in [-0.1, -0.05) is 0 Å². The predicted molar refractivity (Wildman–Crippen MR) is 71.5 cm³/mol. The lowest BCUT2D eigenvalue weighted by molar-refractivity contribution is 0.303. The third-order valence-corrected chi connectivity index (χ3v) is 2.31. The zero-order valence-electron chi connectivity index (χ0n) is 11.6. The van der Waals surface area contributed by atoms with Crippen molar-refractivity contribution in [2.45, 2.75) is 26.8 Å². The summed E-state index contributed by atoms with van der Waals surface area (Å²) in [6.07, 6.45) is 3.34. The lowest BCUT2D eigenvalue weighted by Gasteiger charge is -2.06. The number of hydrazine groups is 1. The monoisotopic (exact) mass is 279 g/mol. The van der Waals surface area contributed by atoms with Crippen LogP contribution in [-0.2, 0) is 0 Å². The van der Waals surface area contributed by atoms with Crippen LogP contribution in [0.5, 0.6) is 17.8 Å². The molecule has 0 fully saturated rings. The van der Waals surface area contributed by atoms with Gasteiger partial charge in [0, 0.05) is 6.04 Å². The van der Waals surface area contributed by atoms with Gasteiger partial charge in [-0.15, -0.1) is 4.98 Å². The second-order valence-electron chi connectivity index (χ2n) is 4.15. The van der Waals surface area contributed by atoms with Gasteiger partial charge in [0.25, 0.3) is 0 Å². The average molecular weight is 279 g/mol.